The summed E-state index contributed by atoms with van der Waals surface area (Å²) in [6.07, 6.45) is 3.72. The van der Waals surface area contributed by atoms with Gasteiger partial charge < -0.3 is 14.2 Å². The SMILES string of the molecule is O=C1/C(=C/C2=Cc3ccccc3OC2)Oc2cc(OCc3ccc(Cl)cc3Cl)ccc21. The number of para-hydroxylation sites is 1. The van der Waals surface area contributed by atoms with E-state index in [-0.39, 0.29) is 18.1 Å². The van der Waals surface area contributed by atoms with Crippen LogP contribution in [-0.2, 0) is 6.61 Å². The molecule has 0 aromatic heterocycles. The van der Waals surface area contributed by atoms with Crippen molar-refractivity contribution in [2.75, 3.05) is 6.61 Å². The molecule has 2 heterocycles. The number of carbonyl (C=O) groups is 1. The molecule has 154 valence electrons. The zero-order valence-electron chi connectivity index (χ0n) is 16.2. The number of ketones is 1. The van der Waals surface area contributed by atoms with Crippen LogP contribution in [0.1, 0.15) is 21.5 Å². The molecular weight excluding hydrogens is 435 g/mol. The molecule has 6 heteroatoms. The van der Waals surface area contributed by atoms with Crippen molar-refractivity contribution in [2.45, 2.75) is 6.61 Å². The second-order valence-corrected chi connectivity index (χ2v) is 8.01. The van der Waals surface area contributed by atoms with Crippen LogP contribution in [0.3, 0.4) is 0 Å². The van der Waals surface area contributed by atoms with Gasteiger partial charge in [0.2, 0.25) is 5.78 Å². The molecule has 3 aromatic carbocycles. The Labute approximate surface area is 189 Å². The number of halogens is 2. The van der Waals surface area contributed by atoms with E-state index in [4.69, 9.17) is 37.4 Å². The minimum absolute atomic E-state index is 0.165. The number of allylic oxidation sites excluding steroid dienone is 1. The minimum Gasteiger partial charge on any atom is -0.489 e. The standard InChI is InChI=1S/C25H16Cl2O4/c26-18-6-5-17(21(27)11-18)14-29-19-7-8-20-23(12-19)31-24(25(20)28)10-15-9-16-3-1-2-4-22(16)30-13-15/h1-12H,13-14H2/b24-10-. The Bertz CT molecular complexity index is 1260. The van der Waals surface area contributed by atoms with Crippen molar-refractivity contribution in [1.82, 2.24) is 0 Å². The van der Waals surface area contributed by atoms with Gasteiger partial charge in [-0.15, -0.1) is 0 Å². The predicted octanol–water partition coefficient (Wildman–Crippen LogP) is 6.51. The summed E-state index contributed by atoms with van der Waals surface area (Å²) in [6, 6.07) is 18.2. The highest BCUT2D eigenvalue weighted by atomic mass is 35.5. The van der Waals surface area contributed by atoms with Gasteiger partial charge in [0.05, 0.1) is 5.56 Å². The minimum atomic E-state index is -0.165. The van der Waals surface area contributed by atoms with Gasteiger partial charge in [-0.05, 0) is 48.1 Å². The number of hydrogen-bond donors (Lipinski definition) is 0. The van der Waals surface area contributed by atoms with Crippen LogP contribution in [0, 0.1) is 0 Å². The maximum atomic E-state index is 12.8. The second kappa shape index (κ2) is 8.14. The van der Waals surface area contributed by atoms with Gasteiger partial charge in [-0.3, -0.25) is 4.79 Å². The molecule has 2 aliphatic heterocycles. The fourth-order valence-corrected chi connectivity index (χ4v) is 3.91. The Balaban J connectivity index is 1.33. The van der Waals surface area contributed by atoms with Gasteiger partial charge in [0.1, 0.15) is 30.5 Å². The number of hydrogen-bond acceptors (Lipinski definition) is 4. The van der Waals surface area contributed by atoms with Crippen molar-refractivity contribution in [3.8, 4) is 17.2 Å². The van der Waals surface area contributed by atoms with Crippen molar-refractivity contribution in [2.24, 2.45) is 0 Å². The van der Waals surface area contributed by atoms with Gasteiger partial charge >= 0.3 is 0 Å². The zero-order chi connectivity index (χ0) is 21.4. The highest BCUT2D eigenvalue weighted by Crippen LogP contribution is 2.36. The number of fused-ring (bicyclic) bond motifs is 2. The van der Waals surface area contributed by atoms with E-state index < -0.39 is 0 Å². The van der Waals surface area contributed by atoms with Crippen LogP contribution in [0.15, 0.2) is 78.1 Å². The molecule has 0 fully saturated rings. The summed E-state index contributed by atoms with van der Waals surface area (Å²) in [7, 11) is 0. The number of rotatable bonds is 4. The van der Waals surface area contributed by atoms with Crippen LogP contribution in [0.25, 0.3) is 6.08 Å². The third-order valence-electron chi connectivity index (χ3n) is 5.02. The van der Waals surface area contributed by atoms with Gasteiger partial charge in [0.15, 0.2) is 5.76 Å². The van der Waals surface area contributed by atoms with E-state index in [1.807, 2.05) is 36.4 Å². The average molecular weight is 451 g/mol. The molecule has 4 nitrogen and oxygen atoms in total. The third kappa shape index (κ3) is 4.05. The predicted molar refractivity (Wildman–Crippen MR) is 120 cm³/mol. The first-order chi connectivity index (χ1) is 15.1. The molecule has 0 atom stereocenters. The molecule has 0 saturated heterocycles. The Kier molecular flexibility index (Phi) is 5.18. The number of Topliss-reactive ketones (excluding diaryl/α,β-unsaturated/α-hetero) is 1. The summed E-state index contributed by atoms with van der Waals surface area (Å²) < 4.78 is 17.4. The topological polar surface area (TPSA) is 44.8 Å². The van der Waals surface area contributed by atoms with Crippen LogP contribution >= 0.6 is 23.2 Å². The molecule has 0 saturated carbocycles. The van der Waals surface area contributed by atoms with Gasteiger partial charge in [-0.1, -0.05) is 47.5 Å². The lowest BCUT2D eigenvalue weighted by molar-refractivity contribution is 0.101. The van der Waals surface area contributed by atoms with Crippen molar-refractivity contribution < 1.29 is 19.0 Å². The van der Waals surface area contributed by atoms with Gasteiger partial charge in [-0.2, -0.15) is 0 Å². The van der Waals surface area contributed by atoms with Crippen molar-refractivity contribution in [1.29, 1.82) is 0 Å². The Morgan fingerprint density at radius 3 is 2.74 bits per heavy atom. The van der Waals surface area contributed by atoms with E-state index >= 15 is 0 Å². The molecule has 0 radical (unpaired) electrons. The van der Waals surface area contributed by atoms with E-state index in [1.165, 1.54) is 0 Å². The molecule has 3 aromatic rings. The lowest BCUT2D eigenvalue weighted by Gasteiger charge is -2.15. The fourth-order valence-electron chi connectivity index (χ4n) is 3.44. The molecular formula is C25H16Cl2O4. The van der Waals surface area contributed by atoms with Gasteiger partial charge in [0, 0.05) is 27.2 Å². The first-order valence-electron chi connectivity index (χ1n) is 9.64. The summed E-state index contributed by atoms with van der Waals surface area (Å²) in [4.78, 5) is 12.8. The second-order valence-electron chi connectivity index (χ2n) is 7.17. The highest BCUT2D eigenvalue weighted by Gasteiger charge is 2.28. The largest absolute Gasteiger partial charge is 0.489 e. The third-order valence-corrected chi connectivity index (χ3v) is 5.61. The van der Waals surface area contributed by atoms with Crippen LogP contribution in [-0.4, -0.2) is 12.4 Å². The molecule has 0 spiro atoms. The highest BCUT2D eigenvalue weighted by molar-refractivity contribution is 6.35. The Morgan fingerprint density at radius 1 is 1.00 bits per heavy atom. The van der Waals surface area contributed by atoms with Crippen LogP contribution < -0.4 is 14.2 Å². The first-order valence-corrected chi connectivity index (χ1v) is 10.4. The van der Waals surface area contributed by atoms with Crippen LogP contribution in [0.4, 0.5) is 0 Å². The Hall–Kier alpha value is -3.21. The quantitative estimate of drug-likeness (QED) is 0.425. The summed E-state index contributed by atoms with van der Waals surface area (Å²) >= 11 is 12.1. The normalized spacial score (nSPS) is 15.6. The molecule has 0 bridgehead atoms. The number of benzene rings is 3. The monoisotopic (exact) mass is 450 g/mol. The number of carbonyl (C=O) groups excluding carboxylic acids is 1. The van der Waals surface area contributed by atoms with Crippen molar-refractivity contribution in [3.05, 3.63) is 105 Å². The van der Waals surface area contributed by atoms with Crippen LogP contribution in [0.5, 0.6) is 17.2 Å². The van der Waals surface area contributed by atoms with Crippen molar-refractivity contribution >= 4 is 35.1 Å². The lowest BCUT2D eigenvalue weighted by atomic mass is 10.1. The summed E-state index contributed by atoms with van der Waals surface area (Å²) in [5.74, 6) is 1.97. The van der Waals surface area contributed by atoms with E-state index in [0.717, 1.165) is 22.4 Å². The molecule has 31 heavy (non-hydrogen) atoms. The van der Waals surface area contributed by atoms with E-state index in [1.54, 1.807) is 36.4 Å². The first kappa shape index (κ1) is 19.7. The van der Waals surface area contributed by atoms with Crippen LogP contribution in [0.2, 0.25) is 10.0 Å². The Morgan fingerprint density at radius 2 is 1.87 bits per heavy atom. The summed E-state index contributed by atoms with van der Waals surface area (Å²) in [6.45, 7) is 0.652. The zero-order valence-corrected chi connectivity index (χ0v) is 17.7. The van der Waals surface area contributed by atoms with E-state index in [9.17, 15) is 4.79 Å². The lowest BCUT2D eigenvalue weighted by Crippen LogP contribution is -2.08. The maximum Gasteiger partial charge on any atom is 0.231 e. The summed E-state index contributed by atoms with van der Waals surface area (Å²) in [5, 5.41) is 1.11. The molecule has 0 aliphatic carbocycles. The van der Waals surface area contributed by atoms with Gasteiger partial charge in [0.25, 0.3) is 0 Å². The fraction of sp³-hybridized carbons (Fsp3) is 0.0800. The van der Waals surface area contributed by atoms with Crippen molar-refractivity contribution in [3.63, 3.8) is 0 Å². The molecule has 0 unspecified atom stereocenters. The van der Waals surface area contributed by atoms with E-state index in [2.05, 4.69) is 0 Å². The smallest absolute Gasteiger partial charge is 0.231 e. The van der Waals surface area contributed by atoms with Gasteiger partial charge in [-0.25, -0.2) is 0 Å². The maximum absolute atomic E-state index is 12.8. The van der Waals surface area contributed by atoms with E-state index in [0.29, 0.717) is 33.7 Å². The molecule has 2 aliphatic rings. The average Bonchev–Trinajstić information content (AvgIpc) is 3.07. The molecule has 5 rings (SSSR count). The molecule has 0 N–H and O–H groups in total. The molecule has 0 amide bonds. The number of ether oxygens (including phenoxy) is 3. The summed E-state index contributed by atoms with van der Waals surface area (Å²) in [5.41, 5.74) is 3.15.